The average Bonchev–Trinajstić information content (AvgIpc) is 2.72. The van der Waals surface area contributed by atoms with Crippen LogP contribution in [0.25, 0.3) is 0 Å². The predicted molar refractivity (Wildman–Crippen MR) is 67.5 cm³/mol. The summed E-state index contributed by atoms with van der Waals surface area (Å²) >= 11 is 0. The van der Waals surface area contributed by atoms with Crippen LogP contribution in [0.15, 0.2) is 41.9 Å². The van der Waals surface area contributed by atoms with Crippen molar-refractivity contribution in [2.75, 3.05) is 13.1 Å². The molecule has 0 radical (unpaired) electrons. The molecule has 0 fully saturated rings. The van der Waals surface area contributed by atoms with E-state index in [9.17, 15) is 8.78 Å². The fourth-order valence-electron chi connectivity index (χ4n) is 2.08. The van der Waals surface area contributed by atoms with Crippen LogP contribution in [-0.4, -0.2) is 23.9 Å². The summed E-state index contributed by atoms with van der Waals surface area (Å²) in [6.07, 6.45) is -0.741. The van der Waals surface area contributed by atoms with Crippen LogP contribution in [-0.2, 0) is 0 Å². The monoisotopic (exact) mass is 251 g/mol. The molecule has 0 aliphatic carbocycles. The first-order chi connectivity index (χ1) is 8.63. The molecule has 0 saturated carbocycles. The largest absolute Gasteiger partial charge is 0.370 e. The molecule has 3 nitrogen and oxygen atoms in total. The van der Waals surface area contributed by atoms with Gasteiger partial charge in [-0.25, -0.2) is 8.78 Å². The third-order valence-corrected chi connectivity index (χ3v) is 2.97. The highest BCUT2D eigenvalue weighted by Gasteiger charge is 2.26. The number of aliphatic imine (C=N–C) groups is 1. The number of rotatable bonds is 4. The van der Waals surface area contributed by atoms with Crippen molar-refractivity contribution < 1.29 is 8.78 Å². The van der Waals surface area contributed by atoms with Crippen molar-refractivity contribution in [1.82, 2.24) is 4.90 Å². The van der Waals surface area contributed by atoms with Crippen LogP contribution in [0.2, 0.25) is 0 Å². The lowest BCUT2D eigenvalue weighted by Crippen LogP contribution is -2.36. The molecule has 96 valence electrons. The molecule has 0 aromatic heterocycles. The summed E-state index contributed by atoms with van der Waals surface area (Å²) in [5.41, 5.74) is 6.60. The van der Waals surface area contributed by atoms with E-state index in [1.165, 1.54) is 12.1 Å². The van der Waals surface area contributed by atoms with Crippen molar-refractivity contribution in [2.45, 2.75) is 12.5 Å². The van der Waals surface area contributed by atoms with E-state index < -0.39 is 6.43 Å². The third kappa shape index (κ3) is 2.34. The zero-order valence-corrected chi connectivity index (χ0v) is 9.89. The second-order valence-corrected chi connectivity index (χ2v) is 4.13. The summed E-state index contributed by atoms with van der Waals surface area (Å²) in [5.74, 6) is 0.433. The third-order valence-electron chi connectivity index (χ3n) is 2.97. The van der Waals surface area contributed by atoms with Crippen molar-refractivity contribution >= 4 is 5.96 Å². The van der Waals surface area contributed by atoms with Gasteiger partial charge in [0.15, 0.2) is 5.96 Å². The van der Waals surface area contributed by atoms with Gasteiger partial charge in [-0.05, 0) is 11.6 Å². The normalized spacial score (nSPS) is 19.2. The van der Waals surface area contributed by atoms with E-state index in [4.69, 9.17) is 5.73 Å². The van der Waals surface area contributed by atoms with Gasteiger partial charge in [-0.1, -0.05) is 24.3 Å². The maximum atomic E-state index is 12.7. The van der Waals surface area contributed by atoms with Crippen molar-refractivity contribution in [3.8, 4) is 0 Å². The van der Waals surface area contributed by atoms with E-state index in [0.717, 1.165) is 5.56 Å². The van der Waals surface area contributed by atoms with Crippen molar-refractivity contribution in [3.63, 3.8) is 0 Å². The molecule has 1 atom stereocenters. The van der Waals surface area contributed by atoms with E-state index in [0.29, 0.717) is 19.0 Å². The number of halogens is 2. The minimum absolute atomic E-state index is 0.0246. The molecule has 0 bridgehead atoms. The summed E-state index contributed by atoms with van der Waals surface area (Å²) in [6.45, 7) is 4.71. The second kappa shape index (κ2) is 5.16. The fraction of sp³-hybridized carbons (Fsp3) is 0.308. The molecule has 0 saturated heterocycles. The first-order valence-electron chi connectivity index (χ1n) is 5.69. The zero-order chi connectivity index (χ0) is 13.1. The molecule has 1 aromatic carbocycles. The number of nitrogens with two attached hydrogens (primary N) is 1. The number of benzene rings is 1. The van der Waals surface area contributed by atoms with Gasteiger partial charge in [0.05, 0.1) is 12.6 Å². The molecule has 0 amide bonds. The molecule has 0 spiro atoms. The van der Waals surface area contributed by atoms with Gasteiger partial charge in [0.2, 0.25) is 0 Å². The maximum absolute atomic E-state index is 12.7. The Kier molecular flexibility index (Phi) is 3.60. The minimum atomic E-state index is -2.46. The maximum Gasteiger partial charge on any atom is 0.263 e. The van der Waals surface area contributed by atoms with Gasteiger partial charge in [-0.15, -0.1) is 6.58 Å². The number of guanidine groups is 1. The first-order valence-corrected chi connectivity index (χ1v) is 5.69. The Balaban J connectivity index is 2.26. The summed E-state index contributed by atoms with van der Waals surface area (Å²) in [5, 5.41) is 0. The lowest BCUT2D eigenvalue weighted by atomic mass is 10.0. The molecular formula is C13H15F2N3. The van der Waals surface area contributed by atoms with E-state index in [2.05, 4.69) is 11.6 Å². The summed E-state index contributed by atoms with van der Waals surface area (Å²) in [6, 6.07) is 6.31. The van der Waals surface area contributed by atoms with Crippen LogP contribution < -0.4 is 5.73 Å². The summed E-state index contributed by atoms with van der Waals surface area (Å²) in [4.78, 5) is 6.01. The van der Waals surface area contributed by atoms with Gasteiger partial charge in [-0.3, -0.25) is 4.99 Å². The highest BCUT2D eigenvalue weighted by atomic mass is 19.3. The molecule has 18 heavy (non-hydrogen) atoms. The van der Waals surface area contributed by atoms with Gasteiger partial charge in [-0.2, -0.15) is 0 Å². The van der Waals surface area contributed by atoms with Gasteiger partial charge in [0.25, 0.3) is 6.43 Å². The molecule has 1 unspecified atom stereocenters. The minimum Gasteiger partial charge on any atom is -0.370 e. The molecular weight excluding hydrogens is 236 g/mol. The second-order valence-electron chi connectivity index (χ2n) is 4.13. The van der Waals surface area contributed by atoms with Crippen molar-refractivity contribution in [1.29, 1.82) is 0 Å². The molecule has 1 aliphatic rings. The highest BCUT2D eigenvalue weighted by Crippen LogP contribution is 2.28. The predicted octanol–water partition coefficient (Wildman–Crippen LogP) is 2.48. The first kappa shape index (κ1) is 12.5. The zero-order valence-electron chi connectivity index (χ0n) is 9.89. The Hall–Kier alpha value is -1.91. The van der Waals surface area contributed by atoms with E-state index in [1.54, 1.807) is 12.1 Å². The molecule has 1 aliphatic heterocycles. The van der Waals surface area contributed by atoms with Crippen molar-refractivity contribution in [2.24, 2.45) is 10.7 Å². The topological polar surface area (TPSA) is 41.6 Å². The number of hydrogen-bond donors (Lipinski definition) is 1. The lowest BCUT2D eigenvalue weighted by Gasteiger charge is -2.25. The van der Waals surface area contributed by atoms with Gasteiger partial charge >= 0.3 is 0 Å². The smallest absolute Gasteiger partial charge is 0.263 e. The van der Waals surface area contributed by atoms with Crippen LogP contribution in [0.1, 0.15) is 23.6 Å². The fourth-order valence-corrected chi connectivity index (χ4v) is 2.08. The van der Waals surface area contributed by atoms with Crippen LogP contribution >= 0.6 is 0 Å². The molecule has 1 aromatic rings. The number of hydrogen-bond acceptors (Lipinski definition) is 3. The number of nitrogens with zero attached hydrogens (tertiary/aromatic N) is 2. The van der Waals surface area contributed by atoms with Gasteiger partial charge < -0.3 is 10.6 Å². The Bertz CT molecular complexity index is 471. The van der Waals surface area contributed by atoms with Crippen LogP contribution in [0.4, 0.5) is 8.78 Å². The van der Waals surface area contributed by atoms with E-state index in [-0.39, 0.29) is 11.6 Å². The standard InChI is InChI=1S/C13H15F2N3/c1-2-6-18-11(8-17-13(18)16)9-4-3-5-10(7-9)12(14)15/h2-5,7,11-12H,1,6,8H2,(H2,16,17). The molecule has 2 rings (SSSR count). The lowest BCUT2D eigenvalue weighted by molar-refractivity contribution is 0.151. The average molecular weight is 251 g/mol. The van der Waals surface area contributed by atoms with Gasteiger partial charge in [0, 0.05) is 12.1 Å². The number of alkyl halides is 2. The Morgan fingerprint density at radius 1 is 1.56 bits per heavy atom. The van der Waals surface area contributed by atoms with E-state index in [1.807, 2.05) is 11.0 Å². The van der Waals surface area contributed by atoms with E-state index >= 15 is 0 Å². The summed E-state index contributed by atoms with van der Waals surface area (Å²) < 4.78 is 25.3. The van der Waals surface area contributed by atoms with Gasteiger partial charge in [0.1, 0.15) is 0 Å². The molecule has 1 heterocycles. The van der Waals surface area contributed by atoms with Crippen LogP contribution in [0.3, 0.4) is 0 Å². The van der Waals surface area contributed by atoms with Crippen LogP contribution in [0.5, 0.6) is 0 Å². The quantitative estimate of drug-likeness (QED) is 0.835. The molecule has 5 heteroatoms. The van der Waals surface area contributed by atoms with Crippen LogP contribution in [0, 0.1) is 0 Å². The van der Waals surface area contributed by atoms with Crippen molar-refractivity contribution in [3.05, 3.63) is 48.0 Å². The summed E-state index contributed by atoms with van der Waals surface area (Å²) in [7, 11) is 0. The Morgan fingerprint density at radius 2 is 2.33 bits per heavy atom. The SMILES string of the molecule is C=CCN1C(N)=NCC1c1cccc(C(F)F)c1. The highest BCUT2D eigenvalue weighted by molar-refractivity contribution is 5.80. The Labute approximate surface area is 105 Å². The Morgan fingerprint density at radius 3 is 3.00 bits per heavy atom. The molecule has 2 N–H and O–H groups in total.